The van der Waals surface area contributed by atoms with Crippen molar-refractivity contribution in [2.75, 3.05) is 31.2 Å². The van der Waals surface area contributed by atoms with E-state index in [1.165, 1.54) is 6.07 Å². The number of fused-ring (bicyclic) bond motifs is 1. The van der Waals surface area contributed by atoms with Gasteiger partial charge in [-0.25, -0.2) is 4.63 Å². The minimum atomic E-state index is -0.165. The van der Waals surface area contributed by atoms with E-state index in [0.717, 1.165) is 0 Å². The van der Waals surface area contributed by atoms with Gasteiger partial charge in [-0.3, -0.25) is 0 Å². The number of phenols is 1. The van der Waals surface area contributed by atoms with Crippen molar-refractivity contribution in [2.24, 2.45) is 0 Å². The number of hydrogen-bond acceptors (Lipinski definition) is 7. The quantitative estimate of drug-likeness (QED) is 0.758. The van der Waals surface area contributed by atoms with Gasteiger partial charge >= 0.3 is 5.69 Å². The van der Waals surface area contributed by atoms with Gasteiger partial charge in [0.2, 0.25) is 16.7 Å². The molecule has 92 valence electrons. The third-order valence-corrected chi connectivity index (χ3v) is 2.92. The Morgan fingerprint density at radius 3 is 2.72 bits per heavy atom. The highest BCUT2D eigenvalue weighted by Gasteiger charge is 2.28. The van der Waals surface area contributed by atoms with Gasteiger partial charge in [-0.2, -0.15) is 0 Å². The number of anilines is 1. The summed E-state index contributed by atoms with van der Waals surface area (Å²) in [5, 5.41) is 26.1. The molecule has 1 saturated heterocycles. The van der Waals surface area contributed by atoms with Crippen LogP contribution < -0.4 is 4.90 Å². The Bertz CT molecular complexity index is 626. The Hall–Kier alpha value is -2.40. The standard InChI is InChI=1S/C10H9N5O3/c11-12-9-7(16)5-6(8-10(9)14-18-13-8)15-1-3-17-4-2-15/h5H,1-4H2/p+1. The molecule has 2 aromatic rings. The van der Waals surface area contributed by atoms with E-state index in [4.69, 9.17) is 10.1 Å². The van der Waals surface area contributed by atoms with E-state index in [2.05, 4.69) is 19.9 Å². The number of aromatic hydroxyl groups is 1. The van der Waals surface area contributed by atoms with Crippen molar-refractivity contribution in [1.29, 1.82) is 5.39 Å². The number of ether oxygens (including phenoxy) is 1. The van der Waals surface area contributed by atoms with Crippen LogP contribution in [0, 0.1) is 5.39 Å². The van der Waals surface area contributed by atoms with Gasteiger partial charge in [0.25, 0.3) is 0 Å². The summed E-state index contributed by atoms with van der Waals surface area (Å²) in [6.45, 7) is 2.60. The summed E-state index contributed by atoms with van der Waals surface area (Å²) in [6.07, 6.45) is 0. The lowest BCUT2D eigenvalue weighted by Crippen LogP contribution is -2.36. The molecule has 1 N–H and O–H groups in total. The maximum atomic E-state index is 9.82. The molecule has 0 unspecified atom stereocenters. The van der Waals surface area contributed by atoms with Gasteiger partial charge in [0, 0.05) is 19.2 Å². The maximum absolute atomic E-state index is 9.82. The normalized spacial score (nSPS) is 15.8. The van der Waals surface area contributed by atoms with Gasteiger partial charge in [-0.05, 0) is 10.3 Å². The number of aromatic nitrogens is 2. The molecule has 3 rings (SSSR count). The molecule has 0 aliphatic carbocycles. The smallest absolute Gasteiger partial charge is 0.457 e. The van der Waals surface area contributed by atoms with Gasteiger partial charge in [0.15, 0.2) is 10.5 Å². The molecule has 18 heavy (non-hydrogen) atoms. The van der Waals surface area contributed by atoms with Crippen LogP contribution in [0.15, 0.2) is 10.7 Å². The van der Waals surface area contributed by atoms with Crippen LogP contribution in [0.5, 0.6) is 5.75 Å². The highest BCUT2D eigenvalue weighted by Crippen LogP contribution is 2.39. The molecule has 0 atom stereocenters. The second-order valence-corrected chi connectivity index (χ2v) is 3.92. The van der Waals surface area contributed by atoms with E-state index in [1.807, 2.05) is 4.90 Å². The number of phenolic OH excluding ortho intramolecular Hbond substituents is 1. The number of nitrogens with zero attached hydrogens (tertiary/aromatic N) is 5. The molecule has 0 bridgehead atoms. The number of hydrogen-bond donors (Lipinski definition) is 1. The fraction of sp³-hybridized carbons (Fsp3) is 0.400. The van der Waals surface area contributed by atoms with Crippen LogP contribution in [0.25, 0.3) is 16.0 Å². The number of rotatable bonds is 1. The number of morpholine rings is 1. The van der Waals surface area contributed by atoms with Crippen LogP contribution in [0.1, 0.15) is 0 Å². The number of benzene rings is 1. The molecule has 0 saturated carbocycles. The first kappa shape index (κ1) is 10.7. The monoisotopic (exact) mass is 248 g/mol. The van der Waals surface area contributed by atoms with Crippen LogP contribution in [0.2, 0.25) is 0 Å². The van der Waals surface area contributed by atoms with E-state index in [-0.39, 0.29) is 17.0 Å². The fourth-order valence-electron chi connectivity index (χ4n) is 2.04. The summed E-state index contributed by atoms with van der Waals surface area (Å²) in [6, 6.07) is 1.49. The van der Waals surface area contributed by atoms with Crippen LogP contribution in [-0.4, -0.2) is 41.7 Å². The summed E-state index contributed by atoms with van der Waals surface area (Å²) in [5.74, 6) is -0.165. The molecule has 0 radical (unpaired) electrons. The molecule has 1 aromatic heterocycles. The van der Waals surface area contributed by atoms with E-state index < -0.39 is 0 Å². The summed E-state index contributed by atoms with van der Waals surface area (Å²) in [5.41, 5.74) is 1.35. The van der Waals surface area contributed by atoms with Crippen molar-refractivity contribution in [3.05, 3.63) is 11.0 Å². The Labute approximate surface area is 101 Å². The highest BCUT2D eigenvalue weighted by molar-refractivity contribution is 5.99. The largest absolute Gasteiger partial charge is 0.501 e. The Morgan fingerprint density at radius 2 is 2.00 bits per heavy atom. The summed E-state index contributed by atoms with van der Waals surface area (Å²) in [4.78, 5) is 5.01. The third-order valence-electron chi connectivity index (χ3n) is 2.92. The molecule has 1 aliphatic rings. The van der Waals surface area contributed by atoms with Gasteiger partial charge in [0.1, 0.15) is 0 Å². The average Bonchev–Trinajstić information content (AvgIpc) is 2.88. The van der Waals surface area contributed by atoms with Crippen molar-refractivity contribution < 1.29 is 14.5 Å². The Balaban J connectivity index is 2.18. The van der Waals surface area contributed by atoms with Gasteiger partial charge in [0.05, 0.1) is 18.9 Å². The van der Waals surface area contributed by atoms with E-state index >= 15 is 0 Å². The van der Waals surface area contributed by atoms with Crippen LogP contribution >= 0.6 is 0 Å². The summed E-state index contributed by atoms with van der Waals surface area (Å²) >= 11 is 0. The first-order chi connectivity index (χ1) is 8.81. The fourth-order valence-corrected chi connectivity index (χ4v) is 2.04. The van der Waals surface area contributed by atoms with Crippen LogP contribution in [0.4, 0.5) is 11.4 Å². The van der Waals surface area contributed by atoms with Crippen LogP contribution in [0.3, 0.4) is 0 Å². The zero-order valence-electron chi connectivity index (χ0n) is 9.41. The zero-order chi connectivity index (χ0) is 12.5. The van der Waals surface area contributed by atoms with Gasteiger partial charge in [-0.15, -0.1) is 0 Å². The van der Waals surface area contributed by atoms with Gasteiger partial charge in [-0.1, -0.05) is 0 Å². The molecular formula is C10H10N5O3+. The molecule has 1 fully saturated rings. The molecule has 0 spiro atoms. The highest BCUT2D eigenvalue weighted by atomic mass is 16.6. The van der Waals surface area contributed by atoms with Crippen molar-refractivity contribution in [2.45, 2.75) is 0 Å². The molecular weight excluding hydrogens is 238 g/mol. The zero-order valence-corrected chi connectivity index (χ0v) is 9.41. The SMILES string of the molecule is N#[N+]c1c(O)cc(N2CCOCC2)c2nonc12. The first-order valence-electron chi connectivity index (χ1n) is 5.47. The predicted molar refractivity (Wildman–Crippen MR) is 61.2 cm³/mol. The Morgan fingerprint density at radius 1 is 1.28 bits per heavy atom. The first-order valence-corrected chi connectivity index (χ1v) is 5.47. The molecule has 8 nitrogen and oxygen atoms in total. The van der Waals surface area contributed by atoms with Gasteiger partial charge < -0.3 is 14.7 Å². The summed E-state index contributed by atoms with van der Waals surface area (Å²) in [7, 11) is 0. The van der Waals surface area contributed by atoms with Crippen LogP contribution in [-0.2, 0) is 4.74 Å². The second kappa shape index (κ2) is 4.12. The Kier molecular flexibility index (Phi) is 2.46. The van der Waals surface area contributed by atoms with E-state index in [9.17, 15) is 5.11 Å². The van der Waals surface area contributed by atoms with Crippen molar-refractivity contribution in [1.82, 2.24) is 10.3 Å². The molecule has 1 aromatic carbocycles. The topological polar surface area (TPSA) is 99.8 Å². The van der Waals surface area contributed by atoms with Crippen molar-refractivity contribution in [3.63, 3.8) is 0 Å². The molecule has 1 aliphatic heterocycles. The molecule has 2 heterocycles. The lowest BCUT2D eigenvalue weighted by atomic mass is 10.2. The van der Waals surface area contributed by atoms with E-state index in [0.29, 0.717) is 37.5 Å². The number of diazo groups is 1. The van der Waals surface area contributed by atoms with Crippen molar-refractivity contribution >= 4 is 22.4 Å². The third kappa shape index (κ3) is 1.53. The van der Waals surface area contributed by atoms with E-state index in [1.54, 1.807) is 0 Å². The maximum Gasteiger partial charge on any atom is 0.457 e. The lowest BCUT2D eigenvalue weighted by Gasteiger charge is -2.28. The predicted octanol–water partition coefficient (Wildman–Crippen LogP) is 1.25. The minimum absolute atomic E-state index is 0.0386. The molecule has 0 amide bonds. The second-order valence-electron chi connectivity index (χ2n) is 3.92. The molecule has 8 heteroatoms. The van der Waals surface area contributed by atoms with Crippen molar-refractivity contribution in [3.8, 4) is 5.75 Å². The summed E-state index contributed by atoms with van der Waals surface area (Å²) < 4.78 is 9.92. The minimum Gasteiger partial charge on any atom is -0.501 e. The lowest BCUT2D eigenvalue weighted by molar-refractivity contribution is 0.123. The average molecular weight is 248 g/mol.